The number of carbonyl (C=O) groups is 1. The molecule has 0 saturated carbocycles. The van der Waals surface area contributed by atoms with Gasteiger partial charge in [0, 0.05) is 6.42 Å². The molecule has 140 valence electrons. The van der Waals surface area contributed by atoms with Gasteiger partial charge in [-0.2, -0.15) is 0 Å². The molecule has 2 aromatic rings. The Balaban J connectivity index is 2.32. The largest absolute Gasteiger partial charge is 0.488 e. The lowest BCUT2D eigenvalue weighted by molar-refractivity contribution is -0.134. The first-order chi connectivity index (χ1) is 12.4. The first kappa shape index (κ1) is 19.8. The number of carbonyl (C=O) groups excluding carboxylic acids is 1. The van der Waals surface area contributed by atoms with Crippen molar-refractivity contribution in [2.75, 3.05) is 0 Å². The SMILES string of the molecule is CCC(=O)Oc1cccc(F)c1COc1cc(C)c(CC)cc1C(F)F. The molecule has 6 heteroatoms. The number of benzene rings is 2. The molecule has 0 amide bonds. The molecular weight excluding hydrogens is 345 g/mol. The third kappa shape index (κ3) is 4.56. The van der Waals surface area contributed by atoms with Crippen LogP contribution in [0.5, 0.6) is 11.5 Å². The summed E-state index contributed by atoms with van der Waals surface area (Å²) < 4.78 is 51.4. The molecular formula is C20H21F3O3. The van der Waals surface area contributed by atoms with Crippen LogP contribution in [0.15, 0.2) is 30.3 Å². The first-order valence-corrected chi connectivity index (χ1v) is 8.39. The molecule has 3 nitrogen and oxygen atoms in total. The predicted molar refractivity (Wildman–Crippen MR) is 92.2 cm³/mol. The Kier molecular flexibility index (Phi) is 6.66. The Morgan fingerprint density at radius 2 is 1.88 bits per heavy atom. The van der Waals surface area contributed by atoms with Gasteiger partial charge in [0.2, 0.25) is 0 Å². The van der Waals surface area contributed by atoms with Crippen molar-refractivity contribution in [3.05, 3.63) is 58.4 Å². The van der Waals surface area contributed by atoms with Crippen molar-refractivity contribution in [2.24, 2.45) is 0 Å². The highest BCUT2D eigenvalue weighted by atomic mass is 19.3. The first-order valence-electron chi connectivity index (χ1n) is 8.39. The minimum atomic E-state index is -2.71. The van der Waals surface area contributed by atoms with Gasteiger partial charge in [-0.25, -0.2) is 13.2 Å². The molecule has 0 N–H and O–H groups in total. The number of rotatable bonds is 7. The quantitative estimate of drug-likeness (QED) is 0.477. The molecule has 2 rings (SSSR count). The van der Waals surface area contributed by atoms with E-state index in [0.717, 1.165) is 11.1 Å². The second kappa shape index (κ2) is 8.74. The summed E-state index contributed by atoms with van der Waals surface area (Å²) in [7, 11) is 0. The standard InChI is InChI=1S/C20H21F3O3/c1-4-13-10-14(20(22)23)18(9-12(13)3)25-11-15-16(21)7-6-8-17(15)26-19(24)5-2/h6-10,20H,4-5,11H2,1-3H3. The Bertz CT molecular complexity index is 788. The molecule has 0 atom stereocenters. The summed E-state index contributed by atoms with van der Waals surface area (Å²) in [4.78, 5) is 11.5. The summed E-state index contributed by atoms with van der Waals surface area (Å²) in [6.07, 6.45) is -1.96. The zero-order valence-electron chi connectivity index (χ0n) is 14.9. The molecule has 0 heterocycles. The smallest absolute Gasteiger partial charge is 0.310 e. The van der Waals surface area contributed by atoms with Gasteiger partial charge in [-0.3, -0.25) is 4.79 Å². The van der Waals surface area contributed by atoms with Crippen LogP contribution in [0.4, 0.5) is 13.2 Å². The minimum absolute atomic E-state index is 0.00624. The average Bonchev–Trinajstić information content (AvgIpc) is 2.60. The maximum Gasteiger partial charge on any atom is 0.310 e. The van der Waals surface area contributed by atoms with Crippen molar-refractivity contribution < 1.29 is 27.4 Å². The van der Waals surface area contributed by atoms with Gasteiger partial charge in [0.25, 0.3) is 6.43 Å². The molecule has 0 saturated heterocycles. The summed E-state index contributed by atoms with van der Waals surface area (Å²) >= 11 is 0. The Morgan fingerprint density at radius 1 is 1.15 bits per heavy atom. The monoisotopic (exact) mass is 366 g/mol. The molecule has 0 aromatic heterocycles. The Labute approximate surface area is 150 Å². The van der Waals surface area contributed by atoms with Gasteiger partial charge in [0.1, 0.15) is 23.9 Å². The van der Waals surface area contributed by atoms with Gasteiger partial charge in [-0.15, -0.1) is 0 Å². The summed E-state index contributed by atoms with van der Waals surface area (Å²) in [5, 5.41) is 0. The molecule has 0 unspecified atom stereocenters. The van der Waals surface area contributed by atoms with Crippen molar-refractivity contribution in [2.45, 2.75) is 46.6 Å². The maximum absolute atomic E-state index is 14.1. The summed E-state index contributed by atoms with van der Waals surface area (Å²) in [5.74, 6) is -1.14. The fourth-order valence-corrected chi connectivity index (χ4v) is 2.54. The van der Waals surface area contributed by atoms with Crippen LogP contribution in [-0.4, -0.2) is 5.97 Å². The van der Waals surface area contributed by atoms with Crippen LogP contribution in [-0.2, 0) is 17.8 Å². The zero-order valence-corrected chi connectivity index (χ0v) is 14.9. The highest BCUT2D eigenvalue weighted by molar-refractivity contribution is 5.72. The van der Waals surface area contributed by atoms with Crippen LogP contribution in [0.3, 0.4) is 0 Å². The lowest BCUT2D eigenvalue weighted by atomic mass is 10.0. The maximum atomic E-state index is 14.1. The lowest BCUT2D eigenvalue weighted by Gasteiger charge is -2.16. The lowest BCUT2D eigenvalue weighted by Crippen LogP contribution is -2.10. The Morgan fingerprint density at radius 3 is 2.50 bits per heavy atom. The zero-order chi connectivity index (χ0) is 19.3. The molecule has 26 heavy (non-hydrogen) atoms. The molecule has 0 bridgehead atoms. The molecule has 2 aromatic carbocycles. The van der Waals surface area contributed by atoms with Gasteiger partial charge < -0.3 is 9.47 Å². The van der Waals surface area contributed by atoms with Crippen LogP contribution in [0, 0.1) is 12.7 Å². The number of aryl methyl sites for hydroxylation is 2. The topological polar surface area (TPSA) is 35.5 Å². The second-order valence-electron chi connectivity index (χ2n) is 5.80. The van der Waals surface area contributed by atoms with Crippen LogP contribution in [0.2, 0.25) is 0 Å². The van der Waals surface area contributed by atoms with E-state index in [4.69, 9.17) is 9.47 Å². The van der Waals surface area contributed by atoms with E-state index in [0.29, 0.717) is 6.42 Å². The number of halogens is 3. The number of esters is 1. The number of alkyl halides is 2. The summed E-state index contributed by atoms with van der Waals surface area (Å²) in [6, 6.07) is 6.98. The molecule has 0 aliphatic carbocycles. The van der Waals surface area contributed by atoms with Gasteiger partial charge in [-0.1, -0.05) is 19.9 Å². The van der Waals surface area contributed by atoms with E-state index in [1.54, 1.807) is 13.8 Å². The van der Waals surface area contributed by atoms with E-state index in [1.165, 1.54) is 30.3 Å². The van der Waals surface area contributed by atoms with Crippen LogP contribution in [0.25, 0.3) is 0 Å². The van der Waals surface area contributed by atoms with Crippen LogP contribution >= 0.6 is 0 Å². The van der Waals surface area contributed by atoms with Crippen molar-refractivity contribution in [3.8, 4) is 11.5 Å². The van der Waals surface area contributed by atoms with Crippen molar-refractivity contribution in [1.82, 2.24) is 0 Å². The number of hydrogen-bond acceptors (Lipinski definition) is 3. The van der Waals surface area contributed by atoms with E-state index in [1.807, 2.05) is 6.92 Å². The highest BCUT2D eigenvalue weighted by Gasteiger charge is 2.19. The third-order valence-electron chi connectivity index (χ3n) is 4.04. The normalized spacial score (nSPS) is 10.9. The van der Waals surface area contributed by atoms with Gasteiger partial charge in [0.15, 0.2) is 0 Å². The molecule has 0 aliphatic rings. The summed E-state index contributed by atoms with van der Waals surface area (Å²) in [6.45, 7) is 4.97. The van der Waals surface area contributed by atoms with Gasteiger partial charge >= 0.3 is 5.97 Å². The van der Waals surface area contributed by atoms with E-state index < -0.39 is 18.2 Å². The van der Waals surface area contributed by atoms with E-state index in [-0.39, 0.29) is 35.7 Å². The van der Waals surface area contributed by atoms with Crippen molar-refractivity contribution in [1.29, 1.82) is 0 Å². The van der Waals surface area contributed by atoms with E-state index in [9.17, 15) is 18.0 Å². The third-order valence-corrected chi connectivity index (χ3v) is 4.04. The molecule has 0 spiro atoms. The van der Waals surface area contributed by atoms with Gasteiger partial charge in [-0.05, 0) is 48.7 Å². The average molecular weight is 366 g/mol. The van der Waals surface area contributed by atoms with Gasteiger partial charge in [0.05, 0.1) is 11.1 Å². The van der Waals surface area contributed by atoms with Crippen molar-refractivity contribution in [3.63, 3.8) is 0 Å². The van der Waals surface area contributed by atoms with E-state index in [2.05, 4.69) is 0 Å². The number of ether oxygens (including phenoxy) is 2. The fraction of sp³-hybridized carbons (Fsp3) is 0.350. The minimum Gasteiger partial charge on any atom is -0.488 e. The highest BCUT2D eigenvalue weighted by Crippen LogP contribution is 2.33. The number of hydrogen-bond donors (Lipinski definition) is 0. The molecule has 0 fully saturated rings. The predicted octanol–water partition coefficient (Wildman–Crippen LogP) is 5.53. The molecule has 0 aliphatic heterocycles. The van der Waals surface area contributed by atoms with Crippen LogP contribution in [0.1, 0.15) is 48.9 Å². The van der Waals surface area contributed by atoms with Crippen LogP contribution < -0.4 is 9.47 Å². The Hall–Kier alpha value is -2.50. The summed E-state index contributed by atoms with van der Waals surface area (Å²) in [5.41, 5.74) is 1.39. The molecule has 0 radical (unpaired) electrons. The second-order valence-corrected chi connectivity index (χ2v) is 5.80. The van der Waals surface area contributed by atoms with E-state index >= 15 is 0 Å². The fourth-order valence-electron chi connectivity index (χ4n) is 2.54. The van der Waals surface area contributed by atoms with Crippen molar-refractivity contribution >= 4 is 5.97 Å².